The number of aryl methyl sites for hydroxylation is 1. The van der Waals surface area contributed by atoms with Crippen LogP contribution >= 0.6 is 11.6 Å². The Morgan fingerprint density at radius 2 is 1.74 bits per heavy atom. The lowest BCUT2D eigenvalue weighted by molar-refractivity contribution is 0.208. The van der Waals surface area contributed by atoms with Crippen LogP contribution in [0.4, 0.5) is 16.2 Å². The molecule has 1 saturated heterocycles. The van der Waals surface area contributed by atoms with Crippen molar-refractivity contribution in [3.8, 4) is 5.75 Å². The van der Waals surface area contributed by atoms with Crippen LogP contribution in [-0.2, 0) is 0 Å². The molecular weight excluding hydrogens is 362 g/mol. The van der Waals surface area contributed by atoms with E-state index >= 15 is 0 Å². The molecule has 1 heterocycles. The Kier molecular flexibility index (Phi) is 6.11. The van der Waals surface area contributed by atoms with E-state index in [-0.39, 0.29) is 12.1 Å². The van der Waals surface area contributed by atoms with E-state index in [2.05, 4.69) is 17.1 Å². The number of urea groups is 1. The second-order valence-electron chi connectivity index (χ2n) is 7.03. The van der Waals surface area contributed by atoms with Crippen LogP contribution in [0.3, 0.4) is 0 Å². The van der Waals surface area contributed by atoms with E-state index in [0.29, 0.717) is 13.1 Å². The highest BCUT2D eigenvalue weighted by Gasteiger charge is 2.22. The number of rotatable bonds is 4. The monoisotopic (exact) mass is 387 g/mol. The first kappa shape index (κ1) is 19.4. The maximum absolute atomic E-state index is 12.5. The van der Waals surface area contributed by atoms with E-state index in [0.717, 1.165) is 35.1 Å². The van der Waals surface area contributed by atoms with Crippen molar-refractivity contribution in [2.24, 2.45) is 0 Å². The highest BCUT2D eigenvalue weighted by atomic mass is 35.5. The zero-order valence-corrected chi connectivity index (χ0v) is 16.8. The van der Waals surface area contributed by atoms with Gasteiger partial charge in [-0.15, -0.1) is 0 Å². The molecule has 2 aromatic rings. The molecule has 3 rings (SSSR count). The van der Waals surface area contributed by atoms with E-state index in [9.17, 15) is 4.79 Å². The van der Waals surface area contributed by atoms with Crippen molar-refractivity contribution in [3.05, 3.63) is 53.1 Å². The van der Waals surface area contributed by atoms with E-state index in [1.165, 1.54) is 5.69 Å². The van der Waals surface area contributed by atoms with Gasteiger partial charge in [0.1, 0.15) is 5.75 Å². The lowest BCUT2D eigenvalue weighted by Crippen LogP contribution is -2.50. The largest absolute Gasteiger partial charge is 0.491 e. The Morgan fingerprint density at radius 3 is 2.33 bits per heavy atom. The number of nitrogens with one attached hydrogen (secondary N) is 1. The number of amides is 2. The Morgan fingerprint density at radius 1 is 1.07 bits per heavy atom. The summed E-state index contributed by atoms with van der Waals surface area (Å²) in [4.78, 5) is 16.7. The maximum atomic E-state index is 12.5. The molecule has 1 N–H and O–H groups in total. The minimum Gasteiger partial charge on any atom is -0.491 e. The Hall–Kier alpha value is -2.40. The summed E-state index contributed by atoms with van der Waals surface area (Å²) in [5, 5.41) is 3.71. The minimum atomic E-state index is -0.0694. The number of ether oxygens (including phenoxy) is 1. The number of hydrogen-bond donors (Lipinski definition) is 1. The molecular formula is C21H26ClN3O2. The van der Waals surface area contributed by atoms with Crippen molar-refractivity contribution >= 4 is 29.0 Å². The number of anilines is 2. The van der Waals surface area contributed by atoms with Crippen molar-refractivity contribution < 1.29 is 9.53 Å². The summed E-state index contributed by atoms with van der Waals surface area (Å²) in [5.41, 5.74) is 3.11. The van der Waals surface area contributed by atoms with Gasteiger partial charge in [-0.1, -0.05) is 11.6 Å². The molecule has 0 saturated carbocycles. The van der Waals surface area contributed by atoms with Crippen molar-refractivity contribution in [3.63, 3.8) is 0 Å². The van der Waals surface area contributed by atoms with Gasteiger partial charge in [-0.25, -0.2) is 4.79 Å². The number of nitrogens with zero attached hydrogens (tertiary/aromatic N) is 2. The fourth-order valence-corrected chi connectivity index (χ4v) is 3.44. The van der Waals surface area contributed by atoms with E-state index in [4.69, 9.17) is 16.3 Å². The number of carbonyl (C=O) groups excluding carboxylic acids is 1. The quantitative estimate of drug-likeness (QED) is 0.820. The molecule has 1 aliphatic heterocycles. The molecule has 27 heavy (non-hydrogen) atoms. The second-order valence-corrected chi connectivity index (χ2v) is 7.46. The van der Waals surface area contributed by atoms with E-state index in [1.54, 1.807) is 0 Å². The van der Waals surface area contributed by atoms with Crippen LogP contribution in [0, 0.1) is 6.92 Å². The first-order valence-corrected chi connectivity index (χ1v) is 9.64. The number of piperazine rings is 1. The van der Waals surface area contributed by atoms with Gasteiger partial charge >= 0.3 is 6.03 Å². The molecule has 0 bridgehead atoms. The Balaban J connectivity index is 1.54. The topological polar surface area (TPSA) is 44.8 Å². The number of benzene rings is 2. The predicted molar refractivity (Wildman–Crippen MR) is 111 cm³/mol. The van der Waals surface area contributed by atoms with Gasteiger partial charge in [0.05, 0.1) is 6.10 Å². The lowest BCUT2D eigenvalue weighted by atomic mass is 10.1. The normalized spacial score (nSPS) is 14.4. The summed E-state index contributed by atoms with van der Waals surface area (Å²) in [7, 11) is 0. The molecule has 5 nitrogen and oxygen atoms in total. The first-order chi connectivity index (χ1) is 12.9. The molecule has 0 unspecified atom stereocenters. The van der Waals surface area contributed by atoms with Gasteiger partial charge in [0.25, 0.3) is 0 Å². The van der Waals surface area contributed by atoms with Gasteiger partial charge in [0, 0.05) is 42.6 Å². The molecule has 1 fully saturated rings. The molecule has 144 valence electrons. The summed E-state index contributed by atoms with van der Waals surface area (Å²) in [6.45, 7) is 9.01. The van der Waals surface area contributed by atoms with Gasteiger partial charge < -0.3 is 19.9 Å². The van der Waals surface area contributed by atoms with Gasteiger partial charge in [-0.2, -0.15) is 0 Å². The Labute approximate surface area is 165 Å². The van der Waals surface area contributed by atoms with E-state index in [1.807, 2.05) is 61.2 Å². The van der Waals surface area contributed by atoms with Crippen LogP contribution in [0.2, 0.25) is 5.02 Å². The SMILES string of the molecule is Cc1cc(Cl)ccc1N1CCN(C(=O)Nc2ccc(OC(C)C)cc2)CC1. The molecule has 0 atom stereocenters. The number of carbonyl (C=O) groups is 1. The third kappa shape index (κ3) is 5.07. The fourth-order valence-electron chi connectivity index (χ4n) is 3.22. The second kappa shape index (κ2) is 8.53. The average Bonchev–Trinajstić information content (AvgIpc) is 2.63. The van der Waals surface area contributed by atoms with Crippen LogP contribution in [-0.4, -0.2) is 43.2 Å². The summed E-state index contributed by atoms with van der Waals surface area (Å²) >= 11 is 6.04. The third-order valence-electron chi connectivity index (χ3n) is 4.54. The van der Waals surface area contributed by atoms with Crippen LogP contribution in [0.5, 0.6) is 5.75 Å². The maximum Gasteiger partial charge on any atom is 0.321 e. The fraction of sp³-hybridized carbons (Fsp3) is 0.381. The molecule has 0 spiro atoms. The standard InChI is InChI=1S/C21H26ClN3O2/c1-15(2)27-19-7-5-18(6-8-19)23-21(26)25-12-10-24(11-13-25)20-9-4-17(22)14-16(20)3/h4-9,14-15H,10-13H2,1-3H3,(H,23,26). The van der Waals surface area contributed by atoms with Crippen molar-refractivity contribution in [2.45, 2.75) is 26.9 Å². The van der Waals surface area contributed by atoms with Crippen LogP contribution in [0.1, 0.15) is 19.4 Å². The summed E-state index contributed by atoms with van der Waals surface area (Å²) in [6, 6.07) is 13.3. The van der Waals surface area contributed by atoms with Gasteiger partial charge in [0.2, 0.25) is 0 Å². The van der Waals surface area contributed by atoms with E-state index < -0.39 is 0 Å². The number of halogens is 1. The average molecular weight is 388 g/mol. The van der Waals surface area contributed by atoms with Gasteiger partial charge in [0.15, 0.2) is 0 Å². The molecule has 0 aromatic heterocycles. The molecule has 1 aliphatic rings. The lowest BCUT2D eigenvalue weighted by Gasteiger charge is -2.36. The molecule has 6 heteroatoms. The van der Waals surface area contributed by atoms with Crippen molar-refractivity contribution in [1.82, 2.24) is 4.90 Å². The van der Waals surface area contributed by atoms with Crippen LogP contribution in [0.25, 0.3) is 0 Å². The predicted octanol–water partition coefficient (Wildman–Crippen LogP) is 4.79. The zero-order chi connectivity index (χ0) is 19.4. The van der Waals surface area contributed by atoms with Gasteiger partial charge in [-0.05, 0) is 68.8 Å². The smallest absolute Gasteiger partial charge is 0.321 e. The highest BCUT2D eigenvalue weighted by Crippen LogP contribution is 2.25. The molecule has 2 amide bonds. The highest BCUT2D eigenvalue weighted by molar-refractivity contribution is 6.30. The molecule has 2 aromatic carbocycles. The summed E-state index contributed by atoms with van der Waals surface area (Å²) in [5.74, 6) is 0.801. The van der Waals surface area contributed by atoms with Crippen LogP contribution < -0.4 is 15.0 Å². The summed E-state index contributed by atoms with van der Waals surface area (Å²) in [6.07, 6.45) is 0.131. The first-order valence-electron chi connectivity index (χ1n) is 9.26. The third-order valence-corrected chi connectivity index (χ3v) is 4.78. The minimum absolute atomic E-state index is 0.0694. The molecule has 0 aliphatic carbocycles. The Bertz CT molecular complexity index is 785. The molecule has 0 radical (unpaired) electrons. The van der Waals surface area contributed by atoms with Gasteiger partial charge in [-0.3, -0.25) is 0 Å². The number of hydrogen-bond acceptors (Lipinski definition) is 3. The van der Waals surface area contributed by atoms with Crippen molar-refractivity contribution in [2.75, 3.05) is 36.4 Å². The summed E-state index contributed by atoms with van der Waals surface area (Å²) < 4.78 is 5.62. The van der Waals surface area contributed by atoms with Crippen LogP contribution in [0.15, 0.2) is 42.5 Å². The van der Waals surface area contributed by atoms with Crippen molar-refractivity contribution in [1.29, 1.82) is 0 Å². The zero-order valence-electron chi connectivity index (χ0n) is 16.0.